The molecule has 0 amide bonds. The quantitative estimate of drug-likeness (QED) is 0.354. The Bertz CT molecular complexity index is 1630. The molecule has 33 heavy (non-hydrogen) atoms. The second-order valence-corrected chi connectivity index (χ2v) is 8.98. The van der Waals surface area contributed by atoms with Crippen LogP contribution in [0.1, 0.15) is 40.9 Å². The van der Waals surface area contributed by atoms with Crippen molar-refractivity contribution in [3.05, 3.63) is 89.5 Å². The van der Waals surface area contributed by atoms with Gasteiger partial charge in [-0.25, -0.2) is 9.67 Å². The lowest BCUT2D eigenvalue weighted by molar-refractivity contribution is 0.112. The molecule has 0 spiro atoms. The van der Waals surface area contributed by atoms with E-state index < -0.39 is 0 Å². The van der Waals surface area contributed by atoms with Crippen LogP contribution in [0.2, 0.25) is 0 Å². The van der Waals surface area contributed by atoms with Crippen LogP contribution in [0.15, 0.2) is 72.2 Å². The van der Waals surface area contributed by atoms with Crippen molar-refractivity contribution < 1.29 is 4.79 Å². The maximum absolute atomic E-state index is 11.9. The van der Waals surface area contributed by atoms with Crippen LogP contribution in [0.3, 0.4) is 0 Å². The van der Waals surface area contributed by atoms with Crippen LogP contribution in [0.25, 0.3) is 27.5 Å². The molecule has 0 radical (unpaired) electrons. The fourth-order valence-corrected chi connectivity index (χ4v) is 4.77. The Morgan fingerprint density at radius 2 is 1.91 bits per heavy atom. The number of para-hydroxylation sites is 1. The summed E-state index contributed by atoms with van der Waals surface area (Å²) in [5, 5.41) is 7.67. The minimum Gasteiger partial charge on any atom is -0.298 e. The van der Waals surface area contributed by atoms with Crippen molar-refractivity contribution in [2.24, 2.45) is 4.99 Å². The molecular formula is C27H21N5O. The van der Waals surface area contributed by atoms with E-state index in [4.69, 9.17) is 9.98 Å². The molecular weight excluding hydrogens is 410 g/mol. The van der Waals surface area contributed by atoms with Gasteiger partial charge in [-0.15, -0.1) is 0 Å². The highest BCUT2D eigenvalue weighted by Crippen LogP contribution is 2.45. The molecule has 5 aromatic rings. The van der Waals surface area contributed by atoms with Crippen LogP contribution in [-0.4, -0.2) is 31.7 Å². The molecule has 6 rings (SSSR count). The zero-order chi connectivity index (χ0) is 22.7. The minimum atomic E-state index is -0.290. The van der Waals surface area contributed by atoms with Gasteiger partial charge in [-0.05, 0) is 30.2 Å². The van der Waals surface area contributed by atoms with Crippen LogP contribution in [-0.2, 0) is 5.41 Å². The summed E-state index contributed by atoms with van der Waals surface area (Å²) in [4.78, 5) is 26.0. The number of pyridine rings is 2. The lowest BCUT2D eigenvalue weighted by atomic mass is 9.79. The van der Waals surface area contributed by atoms with Gasteiger partial charge in [0.15, 0.2) is 12.1 Å². The van der Waals surface area contributed by atoms with Gasteiger partial charge in [0.2, 0.25) is 0 Å². The molecule has 0 aliphatic carbocycles. The maximum Gasteiger partial charge on any atom is 0.164 e. The highest BCUT2D eigenvalue weighted by Gasteiger charge is 2.37. The van der Waals surface area contributed by atoms with Gasteiger partial charge in [0.25, 0.3) is 0 Å². The molecule has 0 fully saturated rings. The lowest BCUT2D eigenvalue weighted by Crippen LogP contribution is -2.26. The standard InChI is InChI=1S/C27H21N5O/c1-16-5-4-6-17-11-19(15-33)26(31-23(16)17)32-14-20(13-29-32)25-27(2,3)22-8-7-18-12-28-10-9-21(18)24(22)30-25/h4-15H,1-3H3. The van der Waals surface area contributed by atoms with Crippen molar-refractivity contribution >= 4 is 39.4 Å². The van der Waals surface area contributed by atoms with E-state index in [0.29, 0.717) is 11.4 Å². The topological polar surface area (TPSA) is 73.0 Å². The fourth-order valence-electron chi connectivity index (χ4n) is 4.77. The molecule has 160 valence electrons. The number of hydrogen-bond donors (Lipinski definition) is 0. The molecule has 6 heteroatoms. The number of aldehydes is 1. The number of benzene rings is 2. The Kier molecular flexibility index (Phi) is 4.08. The second-order valence-electron chi connectivity index (χ2n) is 8.98. The Hall–Kier alpha value is -4.19. The minimum absolute atomic E-state index is 0.290. The van der Waals surface area contributed by atoms with Gasteiger partial charge >= 0.3 is 0 Å². The molecule has 4 heterocycles. The number of fused-ring (bicyclic) bond motifs is 4. The van der Waals surface area contributed by atoms with Gasteiger partial charge < -0.3 is 0 Å². The van der Waals surface area contributed by atoms with Crippen LogP contribution in [0.4, 0.5) is 5.69 Å². The summed E-state index contributed by atoms with van der Waals surface area (Å²) in [7, 11) is 0. The SMILES string of the molecule is Cc1cccc2cc(C=O)c(-n3cc(C4=Nc5c(ccc6cnccc56)C4(C)C)cn3)nc12. The first kappa shape index (κ1) is 19.5. The van der Waals surface area contributed by atoms with Gasteiger partial charge in [-0.1, -0.05) is 44.2 Å². The average molecular weight is 431 g/mol. The van der Waals surface area contributed by atoms with E-state index in [9.17, 15) is 4.79 Å². The van der Waals surface area contributed by atoms with E-state index >= 15 is 0 Å². The number of aromatic nitrogens is 4. The third kappa shape index (κ3) is 2.84. The van der Waals surface area contributed by atoms with Gasteiger partial charge in [0.1, 0.15) is 0 Å². The van der Waals surface area contributed by atoms with E-state index in [1.165, 1.54) is 5.56 Å². The number of hydrogen-bond acceptors (Lipinski definition) is 5. The van der Waals surface area contributed by atoms with E-state index in [1.54, 1.807) is 17.1 Å². The molecule has 2 aromatic carbocycles. The van der Waals surface area contributed by atoms with Crippen LogP contribution in [0, 0.1) is 6.92 Å². The van der Waals surface area contributed by atoms with E-state index in [0.717, 1.165) is 50.5 Å². The highest BCUT2D eigenvalue weighted by molar-refractivity contribution is 6.15. The van der Waals surface area contributed by atoms with Crippen molar-refractivity contribution in [1.82, 2.24) is 19.7 Å². The largest absolute Gasteiger partial charge is 0.298 e. The Labute approximate surface area is 190 Å². The monoisotopic (exact) mass is 431 g/mol. The first-order chi connectivity index (χ1) is 16.0. The van der Waals surface area contributed by atoms with Crippen molar-refractivity contribution in [1.29, 1.82) is 0 Å². The van der Waals surface area contributed by atoms with Crippen molar-refractivity contribution in [2.45, 2.75) is 26.2 Å². The predicted octanol–water partition coefficient (Wildman–Crippen LogP) is 5.50. The Balaban J connectivity index is 1.50. The van der Waals surface area contributed by atoms with Gasteiger partial charge in [0.05, 0.1) is 28.7 Å². The molecule has 1 aliphatic heterocycles. The van der Waals surface area contributed by atoms with E-state index in [2.05, 4.69) is 36.1 Å². The number of carbonyl (C=O) groups is 1. The molecule has 0 atom stereocenters. The first-order valence-corrected chi connectivity index (χ1v) is 10.8. The van der Waals surface area contributed by atoms with Crippen molar-refractivity contribution in [3.8, 4) is 5.82 Å². The molecule has 1 aliphatic rings. The molecule has 0 unspecified atom stereocenters. The summed E-state index contributed by atoms with van der Waals surface area (Å²) >= 11 is 0. The van der Waals surface area contributed by atoms with Crippen LogP contribution in [0.5, 0.6) is 0 Å². The third-order valence-electron chi connectivity index (χ3n) is 6.54. The molecule has 0 saturated heterocycles. The fraction of sp³-hybridized carbons (Fsp3) is 0.148. The smallest absolute Gasteiger partial charge is 0.164 e. The molecule has 3 aromatic heterocycles. The summed E-state index contributed by atoms with van der Waals surface area (Å²) in [5.74, 6) is 0.517. The summed E-state index contributed by atoms with van der Waals surface area (Å²) in [5.41, 5.74) is 6.13. The predicted molar refractivity (Wildman–Crippen MR) is 130 cm³/mol. The normalized spacial score (nSPS) is 14.5. The maximum atomic E-state index is 11.9. The van der Waals surface area contributed by atoms with E-state index in [1.807, 2.05) is 49.6 Å². The van der Waals surface area contributed by atoms with Crippen molar-refractivity contribution in [2.75, 3.05) is 0 Å². The molecule has 0 saturated carbocycles. The first-order valence-electron chi connectivity index (χ1n) is 10.8. The third-order valence-corrected chi connectivity index (χ3v) is 6.54. The zero-order valence-corrected chi connectivity index (χ0v) is 18.6. The molecule has 0 N–H and O–H groups in total. The summed E-state index contributed by atoms with van der Waals surface area (Å²) < 4.78 is 1.68. The summed E-state index contributed by atoms with van der Waals surface area (Å²) in [6.45, 7) is 6.37. The van der Waals surface area contributed by atoms with Crippen LogP contribution >= 0.6 is 0 Å². The molecule has 6 nitrogen and oxygen atoms in total. The number of carbonyl (C=O) groups excluding carboxylic acids is 1. The van der Waals surface area contributed by atoms with Crippen LogP contribution < -0.4 is 0 Å². The lowest BCUT2D eigenvalue weighted by Gasteiger charge is -2.21. The zero-order valence-electron chi connectivity index (χ0n) is 18.6. The Morgan fingerprint density at radius 3 is 2.76 bits per heavy atom. The van der Waals surface area contributed by atoms with Crippen molar-refractivity contribution in [3.63, 3.8) is 0 Å². The second kappa shape index (κ2) is 6.90. The number of aliphatic imine (C=N–C) groups is 1. The van der Waals surface area contributed by atoms with E-state index in [-0.39, 0.29) is 5.41 Å². The summed E-state index contributed by atoms with van der Waals surface area (Å²) in [6, 6.07) is 14.1. The Morgan fingerprint density at radius 1 is 1.03 bits per heavy atom. The number of nitrogens with zero attached hydrogens (tertiary/aromatic N) is 5. The molecule has 0 bridgehead atoms. The summed E-state index contributed by atoms with van der Waals surface area (Å²) in [6.07, 6.45) is 8.21. The van der Waals surface area contributed by atoms with Gasteiger partial charge in [0, 0.05) is 45.7 Å². The number of rotatable bonds is 3. The average Bonchev–Trinajstić information content (AvgIpc) is 3.41. The highest BCUT2D eigenvalue weighted by atomic mass is 16.1. The van der Waals surface area contributed by atoms with Gasteiger partial charge in [-0.2, -0.15) is 5.10 Å². The van der Waals surface area contributed by atoms with Gasteiger partial charge in [-0.3, -0.25) is 14.8 Å². The number of aryl methyl sites for hydroxylation is 1.